The van der Waals surface area contributed by atoms with Gasteiger partial charge in [0.15, 0.2) is 0 Å². The number of carbonyl (C=O) groups excluding carboxylic acids is 4. The summed E-state index contributed by atoms with van der Waals surface area (Å²) in [4.78, 5) is 69.6. The van der Waals surface area contributed by atoms with Crippen LogP contribution in [-0.2, 0) is 28.8 Å². The first-order valence-electron chi connectivity index (χ1n) is 9.53. The van der Waals surface area contributed by atoms with Gasteiger partial charge in [-0.25, -0.2) is 0 Å². The van der Waals surface area contributed by atoms with E-state index in [-0.39, 0.29) is 12.8 Å². The van der Waals surface area contributed by atoms with Crippen molar-refractivity contribution in [3.8, 4) is 0 Å². The maximum absolute atomic E-state index is 12.6. The van der Waals surface area contributed by atoms with Crippen molar-refractivity contribution in [2.75, 3.05) is 13.1 Å². The summed E-state index contributed by atoms with van der Waals surface area (Å²) in [6, 6.07) is -3.90. The fourth-order valence-corrected chi connectivity index (χ4v) is 2.42. The summed E-state index contributed by atoms with van der Waals surface area (Å²) < 4.78 is 0. The van der Waals surface area contributed by atoms with Crippen LogP contribution in [0.2, 0.25) is 0 Å². The van der Waals surface area contributed by atoms with Crippen LogP contribution in [0, 0.1) is 0 Å². The van der Waals surface area contributed by atoms with Crippen molar-refractivity contribution < 1.29 is 39.0 Å². The van der Waals surface area contributed by atoms with Gasteiger partial charge in [0.05, 0.1) is 12.5 Å². The molecule has 0 fully saturated rings. The molecule has 0 aliphatic heterocycles. The van der Waals surface area contributed by atoms with E-state index in [1.54, 1.807) is 0 Å². The molecule has 14 heteroatoms. The summed E-state index contributed by atoms with van der Waals surface area (Å²) in [5.41, 5.74) is 16.2. The highest BCUT2D eigenvalue weighted by molar-refractivity contribution is 5.95. The standard InChI is InChI=1S/C17H30N6O8/c18-6-2-1-3-9(19)15(29)22-10(4-5-12(20)24)17(31)23-11(7-13(25)26)16(30)21-8-14(27)28/h9-11H,1-8,18-19H2,(H2,20,24)(H,21,30)(H,22,29)(H,23,31)(H,25,26)(H,27,28). The second-order valence-corrected chi connectivity index (χ2v) is 6.73. The molecule has 3 unspecified atom stereocenters. The van der Waals surface area contributed by atoms with Crippen molar-refractivity contribution >= 4 is 35.6 Å². The van der Waals surface area contributed by atoms with Gasteiger partial charge in [-0.05, 0) is 25.8 Å². The molecule has 0 aromatic carbocycles. The molecule has 4 amide bonds. The van der Waals surface area contributed by atoms with Gasteiger partial charge in [-0.1, -0.05) is 6.42 Å². The summed E-state index contributed by atoms with van der Waals surface area (Å²) >= 11 is 0. The van der Waals surface area contributed by atoms with Crippen LogP contribution in [0.5, 0.6) is 0 Å². The van der Waals surface area contributed by atoms with Crippen LogP contribution in [0.3, 0.4) is 0 Å². The van der Waals surface area contributed by atoms with Gasteiger partial charge in [0, 0.05) is 6.42 Å². The molecule has 11 N–H and O–H groups in total. The quantitative estimate of drug-likeness (QED) is 0.108. The summed E-state index contributed by atoms with van der Waals surface area (Å²) in [5.74, 6) is -6.25. The summed E-state index contributed by atoms with van der Waals surface area (Å²) in [7, 11) is 0. The number of primary amides is 1. The number of nitrogens with one attached hydrogen (secondary N) is 3. The Balaban J connectivity index is 5.25. The molecule has 3 atom stereocenters. The third kappa shape index (κ3) is 12.8. The Hall–Kier alpha value is -3.26. The second kappa shape index (κ2) is 14.7. The highest BCUT2D eigenvalue weighted by Gasteiger charge is 2.29. The lowest BCUT2D eigenvalue weighted by Gasteiger charge is -2.23. The lowest BCUT2D eigenvalue weighted by molar-refractivity contribution is -0.141. The molecule has 0 rings (SSSR count). The zero-order valence-corrected chi connectivity index (χ0v) is 17.0. The number of hydrogen-bond donors (Lipinski definition) is 8. The lowest BCUT2D eigenvalue weighted by Crippen LogP contribution is -2.56. The fourth-order valence-electron chi connectivity index (χ4n) is 2.42. The number of nitrogens with two attached hydrogens (primary N) is 3. The van der Waals surface area contributed by atoms with Gasteiger partial charge in [-0.2, -0.15) is 0 Å². The molecule has 0 aliphatic rings. The van der Waals surface area contributed by atoms with E-state index in [0.29, 0.717) is 25.8 Å². The van der Waals surface area contributed by atoms with E-state index >= 15 is 0 Å². The Morgan fingerprint density at radius 3 is 1.94 bits per heavy atom. The van der Waals surface area contributed by atoms with E-state index in [4.69, 9.17) is 27.4 Å². The lowest BCUT2D eigenvalue weighted by atomic mass is 10.1. The Morgan fingerprint density at radius 2 is 1.42 bits per heavy atom. The summed E-state index contributed by atoms with van der Waals surface area (Å²) in [6.45, 7) is -0.364. The van der Waals surface area contributed by atoms with Crippen LogP contribution < -0.4 is 33.2 Å². The third-order valence-corrected chi connectivity index (χ3v) is 4.04. The van der Waals surface area contributed by atoms with E-state index in [1.165, 1.54) is 0 Å². The first-order valence-corrected chi connectivity index (χ1v) is 9.53. The molecule has 176 valence electrons. The molecule has 0 radical (unpaired) electrons. The van der Waals surface area contributed by atoms with Crippen molar-refractivity contribution in [1.82, 2.24) is 16.0 Å². The molecule has 0 saturated carbocycles. The number of carboxylic acid groups (broad SMARTS) is 2. The van der Waals surface area contributed by atoms with Crippen LogP contribution in [0.1, 0.15) is 38.5 Å². The van der Waals surface area contributed by atoms with Crippen LogP contribution in [-0.4, -0.2) is 77.0 Å². The molecule has 0 spiro atoms. The van der Waals surface area contributed by atoms with Crippen molar-refractivity contribution in [3.63, 3.8) is 0 Å². The van der Waals surface area contributed by atoms with Gasteiger partial charge in [-0.3, -0.25) is 28.8 Å². The highest BCUT2D eigenvalue weighted by Crippen LogP contribution is 2.04. The molecule has 0 saturated heterocycles. The minimum Gasteiger partial charge on any atom is -0.481 e. The average molecular weight is 446 g/mol. The van der Waals surface area contributed by atoms with Crippen molar-refractivity contribution in [2.45, 2.75) is 56.7 Å². The predicted octanol–water partition coefficient (Wildman–Crippen LogP) is -3.65. The molecule has 0 heterocycles. The molecular formula is C17H30N6O8. The molecule has 31 heavy (non-hydrogen) atoms. The zero-order chi connectivity index (χ0) is 24.0. The van der Waals surface area contributed by atoms with Crippen molar-refractivity contribution in [2.24, 2.45) is 17.2 Å². The van der Waals surface area contributed by atoms with Gasteiger partial charge in [-0.15, -0.1) is 0 Å². The van der Waals surface area contributed by atoms with Crippen LogP contribution in [0.25, 0.3) is 0 Å². The molecule has 14 nitrogen and oxygen atoms in total. The van der Waals surface area contributed by atoms with Gasteiger partial charge < -0.3 is 43.4 Å². The normalized spacial score (nSPS) is 13.4. The molecule has 0 aliphatic carbocycles. The third-order valence-electron chi connectivity index (χ3n) is 4.04. The molecule has 0 aromatic heterocycles. The van der Waals surface area contributed by atoms with E-state index < -0.39 is 66.7 Å². The van der Waals surface area contributed by atoms with Gasteiger partial charge in [0.2, 0.25) is 23.6 Å². The number of hydrogen-bond acceptors (Lipinski definition) is 8. The zero-order valence-electron chi connectivity index (χ0n) is 17.0. The predicted molar refractivity (Wildman–Crippen MR) is 106 cm³/mol. The van der Waals surface area contributed by atoms with Gasteiger partial charge >= 0.3 is 11.9 Å². The molecule has 0 aromatic rings. The van der Waals surface area contributed by atoms with Crippen LogP contribution in [0.15, 0.2) is 0 Å². The monoisotopic (exact) mass is 446 g/mol. The molecule has 0 bridgehead atoms. The van der Waals surface area contributed by atoms with Crippen LogP contribution >= 0.6 is 0 Å². The Bertz CT molecular complexity index is 671. The van der Waals surface area contributed by atoms with Crippen LogP contribution in [0.4, 0.5) is 0 Å². The number of carboxylic acids is 2. The minimum absolute atomic E-state index is 0.223. The minimum atomic E-state index is -1.62. The van der Waals surface area contributed by atoms with E-state index in [0.717, 1.165) is 0 Å². The number of rotatable bonds is 16. The summed E-state index contributed by atoms with van der Waals surface area (Å²) in [5, 5.41) is 24.0. The number of aliphatic carboxylic acids is 2. The Labute approximate surface area is 178 Å². The van der Waals surface area contributed by atoms with Crippen molar-refractivity contribution in [3.05, 3.63) is 0 Å². The first-order chi connectivity index (χ1) is 14.5. The highest BCUT2D eigenvalue weighted by atomic mass is 16.4. The largest absolute Gasteiger partial charge is 0.481 e. The van der Waals surface area contributed by atoms with Gasteiger partial charge in [0.25, 0.3) is 0 Å². The second-order valence-electron chi connectivity index (χ2n) is 6.73. The first kappa shape index (κ1) is 27.7. The SMILES string of the molecule is NCCCCC(N)C(=O)NC(CCC(N)=O)C(=O)NC(CC(=O)O)C(=O)NCC(=O)O. The number of amides is 4. The van der Waals surface area contributed by atoms with Crippen molar-refractivity contribution in [1.29, 1.82) is 0 Å². The van der Waals surface area contributed by atoms with E-state index in [9.17, 15) is 28.8 Å². The number of unbranched alkanes of at least 4 members (excludes halogenated alkanes) is 1. The smallest absolute Gasteiger partial charge is 0.322 e. The topological polar surface area (TPSA) is 257 Å². The van der Waals surface area contributed by atoms with E-state index in [2.05, 4.69) is 10.6 Å². The Morgan fingerprint density at radius 1 is 0.806 bits per heavy atom. The fraction of sp³-hybridized carbons (Fsp3) is 0.647. The number of carbonyl (C=O) groups is 6. The van der Waals surface area contributed by atoms with Gasteiger partial charge in [0.1, 0.15) is 18.6 Å². The maximum Gasteiger partial charge on any atom is 0.322 e. The Kier molecular flexibility index (Phi) is 13.1. The average Bonchev–Trinajstić information content (AvgIpc) is 2.67. The van der Waals surface area contributed by atoms with E-state index in [1.807, 2.05) is 5.32 Å². The molecular weight excluding hydrogens is 416 g/mol. The maximum atomic E-state index is 12.6. The summed E-state index contributed by atoms with van der Waals surface area (Å²) in [6.07, 6.45) is 0.176.